The minimum atomic E-state index is -0.183. The molecule has 0 heterocycles. The van der Waals surface area contributed by atoms with Gasteiger partial charge in [-0.05, 0) is 31.4 Å². The molecule has 0 saturated carbocycles. The van der Waals surface area contributed by atoms with Crippen molar-refractivity contribution in [1.29, 1.82) is 0 Å². The first-order valence-corrected chi connectivity index (χ1v) is 7.37. The van der Waals surface area contributed by atoms with E-state index in [2.05, 4.69) is 45.1 Å². The third kappa shape index (κ3) is 6.79. The van der Waals surface area contributed by atoms with Gasteiger partial charge in [0, 0.05) is 18.4 Å². The maximum absolute atomic E-state index is 12.0. The fourth-order valence-electron chi connectivity index (χ4n) is 1.84. The molecule has 0 aliphatic carbocycles. The Labute approximate surface area is 112 Å². The quantitative estimate of drug-likeness (QED) is 0.492. The SMILES string of the molecule is FCCCCCN(CCBr)Cc1ccccc1. The first-order valence-electron chi connectivity index (χ1n) is 6.25. The molecule has 0 bridgehead atoms. The van der Waals surface area contributed by atoms with Crippen LogP contribution in [0.4, 0.5) is 4.39 Å². The van der Waals surface area contributed by atoms with E-state index in [1.807, 2.05) is 6.07 Å². The third-order valence-corrected chi connectivity index (χ3v) is 3.11. The van der Waals surface area contributed by atoms with Crippen LogP contribution in [0.15, 0.2) is 30.3 Å². The molecule has 0 N–H and O–H groups in total. The van der Waals surface area contributed by atoms with Crippen molar-refractivity contribution in [3.63, 3.8) is 0 Å². The first-order chi connectivity index (χ1) is 8.36. The standard InChI is InChI=1S/C14H21BrFN/c15-9-12-17(11-6-2-5-10-16)13-14-7-3-1-4-8-14/h1,3-4,7-8H,2,5-6,9-13H2. The van der Waals surface area contributed by atoms with Crippen LogP contribution in [-0.4, -0.2) is 30.0 Å². The van der Waals surface area contributed by atoms with Crippen molar-refractivity contribution in [2.45, 2.75) is 25.8 Å². The highest BCUT2D eigenvalue weighted by Gasteiger charge is 2.04. The Kier molecular flexibility index (Phi) is 8.28. The molecule has 96 valence electrons. The van der Waals surface area contributed by atoms with Crippen LogP contribution < -0.4 is 0 Å². The molecule has 0 unspecified atom stereocenters. The van der Waals surface area contributed by atoms with Crippen LogP contribution in [0.2, 0.25) is 0 Å². The van der Waals surface area contributed by atoms with E-state index >= 15 is 0 Å². The zero-order valence-corrected chi connectivity index (χ0v) is 11.8. The van der Waals surface area contributed by atoms with Gasteiger partial charge in [-0.3, -0.25) is 9.29 Å². The summed E-state index contributed by atoms with van der Waals surface area (Å²) in [6.45, 7) is 2.91. The Hall–Kier alpha value is -0.410. The van der Waals surface area contributed by atoms with E-state index in [0.717, 1.165) is 37.8 Å². The summed E-state index contributed by atoms with van der Waals surface area (Å²) in [5, 5.41) is 0.989. The molecule has 0 aromatic heterocycles. The highest BCUT2D eigenvalue weighted by molar-refractivity contribution is 9.09. The molecule has 1 aromatic rings. The number of alkyl halides is 2. The van der Waals surface area contributed by atoms with E-state index in [1.165, 1.54) is 5.56 Å². The normalized spacial score (nSPS) is 11.0. The van der Waals surface area contributed by atoms with Crippen LogP contribution in [0.5, 0.6) is 0 Å². The van der Waals surface area contributed by atoms with Crippen molar-refractivity contribution in [2.75, 3.05) is 25.1 Å². The van der Waals surface area contributed by atoms with Crippen molar-refractivity contribution >= 4 is 15.9 Å². The number of benzene rings is 1. The monoisotopic (exact) mass is 301 g/mol. The molecule has 0 spiro atoms. The minimum Gasteiger partial charge on any atom is -0.298 e. The summed E-state index contributed by atoms with van der Waals surface area (Å²) in [6, 6.07) is 10.5. The molecular formula is C14H21BrFN. The lowest BCUT2D eigenvalue weighted by atomic mass is 10.2. The fraction of sp³-hybridized carbons (Fsp3) is 0.571. The Morgan fingerprint density at radius 2 is 1.76 bits per heavy atom. The van der Waals surface area contributed by atoms with Crippen LogP contribution in [0.25, 0.3) is 0 Å². The van der Waals surface area contributed by atoms with Crippen molar-refractivity contribution in [2.24, 2.45) is 0 Å². The molecular weight excluding hydrogens is 281 g/mol. The molecule has 0 aliphatic rings. The average Bonchev–Trinajstić information content (AvgIpc) is 2.36. The molecule has 17 heavy (non-hydrogen) atoms. The van der Waals surface area contributed by atoms with Crippen LogP contribution in [0, 0.1) is 0 Å². The van der Waals surface area contributed by atoms with Gasteiger partial charge in [-0.25, -0.2) is 0 Å². The van der Waals surface area contributed by atoms with Crippen LogP contribution >= 0.6 is 15.9 Å². The van der Waals surface area contributed by atoms with Gasteiger partial charge in [0.25, 0.3) is 0 Å². The summed E-state index contributed by atoms with van der Waals surface area (Å²) in [4.78, 5) is 2.42. The third-order valence-electron chi connectivity index (χ3n) is 2.76. The molecule has 0 fully saturated rings. The molecule has 1 nitrogen and oxygen atoms in total. The number of hydrogen-bond acceptors (Lipinski definition) is 1. The second-order valence-electron chi connectivity index (χ2n) is 4.20. The lowest BCUT2D eigenvalue weighted by Gasteiger charge is -2.21. The fourth-order valence-corrected chi connectivity index (χ4v) is 2.34. The number of halogens is 2. The largest absolute Gasteiger partial charge is 0.298 e. The van der Waals surface area contributed by atoms with E-state index in [-0.39, 0.29) is 6.67 Å². The van der Waals surface area contributed by atoms with Gasteiger partial charge in [0.15, 0.2) is 0 Å². The molecule has 0 amide bonds. The van der Waals surface area contributed by atoms with Gasteiger partial charge in [0.05, 0.1) is 6.67 Å². The minimum absolute atomic E-state index is 0.183. The molecule has 0 saturated heterocycles. The number of hydrogen-bond donors (Lipinski definition) is 0. The lowest BCUT2D eigenvalue weighted by Crippen LogP contribution is -2.26. The first kappa shape index (κ1) is 14.7. The van der Waals surface area contributed by atoms with Gasteiger partial charge in [-0.15, -0.1) is 0 Å². The summed E-state index contributed by atoms with van der Waals surface area (Å²) in [5.41, 5.74) is 1.35. The molecule has 0 radical (unpaired) electrons. The molecule has 1 rings (SSSR count). The Bertz CT molecular complexity index is 279. The summed E-state index contributed by atoms with van der Waals surface area (Å²) in [6.07, 6.45) is 2.78. The zero-order valence-electron chi connectivity index (χ0n) is 10.2. The van der Waals surface area contributed by atoms with E-state index in [1.54, 1.807) is 0 Å². The number of nitrogens with zero attached hydrogens (tertiary/aromatic N) is 1. The maximum Gasteiger partial charge on any atom is 0.0894 e. The average molecular weight is 302 g/mol. The van der Waals surface area contributed by atoms with Gasteiger partial charge in [-0.2, -0.15) is 0 Å². The van der Waals surface area contributed by atoms with E-state index < -0.39 is 0 Å². The Balaban J connectivity index is 2.32. The number of rotatable bonds is 9. The summed E-state index contributed by atoms with van der Waals surface area (Å²) >= 11 is 3.48. The summed E-state index contributed by atoms with van der Waals surface area (Å²) < 4.78 is 12.0. The second-order valence-corrected chi connectivity index (χ2v) is 4.99. The van der Waals surface area contributed by atoms with Gasteiger partial charge < -0.3 is 0 Å². The predicted octanol–water partition coefficient (Wildman–Crippen LogP) is 4.02. The molecule has 0 atom stereocenters. The highest BCUT2D eigenvalue weighted by atomic mass is 79.9. The summed E-state index contributed by atoms with van der Waals surface area (Å²) in [7, 11) is 0. The summed E-state index contributed by atoms with van der Waals surface area (Å²) in [5.74, 6) is 0. The van der Waals surface area contributed by atoms with Crippen molar-refractivity contribution < 1.29 is 4.39 Å². The Morgan fingerprint density at radius 3 is 2.41 bits per heavy atom. The molecule has 0 aliphatic heterocycles. The number of unbranched alkanes of at least 4 members (excludes halogenated alkanes) is 2. The van der Waals surface area contributed by atoms with Crippen LogP contribution in [-0.2, 0) is 6.54 Å². The molecule has 3 heteroatoms. The smallest absolute Gasteiger partial charge is 0.0894 e. The van der Waals surface area contributed by atoms with E-state index in [0.29, 0.717) is 6.42 Å². The van der Waals surface area contributed by atoms with E-state index in [4.69, 9.17) is 0 Å². The van der Waals surface area contributed by atoms with E-state index in [9.17, 15) is 4.39 Å². The van der Waals surface area contributed by atoms with Crippen LogP contribution in [0.1, 0.15) is 24.8 Å². The van der Waals surface area contributed by atoms with Gasteiger partial charge in [0.2, 0.25) is 0 Å². The lowest BCUT2D eigenvalue weighted by molar-refractivity contribution is 0.274. The predicted molar refractivity (Wildman–Crippen MR) is 75.3 cm³/mol. The van der Waals surface area contributed by atoms with Gasteiger partial charge >= 0.3 is 0 Å². The second kappa shape index (κ2) is 9.60. The van der Waals surface area contributed by atoms with Crippen molar-refractivity contribution in [3.05, 3.63) is 35.9 Å². The van der Waals surface area contributed by atoms with Crippen molar-refractivity contribution in [1.82, 2.24) is 4.90 Å². The van der Waals surface area contributed by atoms with Crippen LogP contribution in [0.3, 0.4) is 0 Å². The topological polar surface area (TPSA) is 3.24 Å². The molecule has 1 aromatic carbocycles. The van der Waals surface area contributed by atoms with Crippen molar-refractivity contribution in [3.8, 4) is 0 Å². The highest BCUT2D eigenvalue weighted by Crippen LogP contribution is 2.07. The zero-order chi connectivity index (χ0) is 12.3. The van der Waals surface area contributed by atoms with Gasteiger partial charge in [0.1, 0.15) is 0 Å². The van der Waals surface area contributed by atoms with Gasteiger partial charge in [-0.1, -0.05) is 46.3 Å². The Morgan fingerprint density at radius 1 is 1.00 bits per heavy atom. The maximum atomic E-state index is 12.0.